The number of fused-ring (bicyclic) bond motifs is 3. The van der Waals surface area contributed by atoms with E-state index in [0.717, 1.165) is 34.6 Å². The summed E-state index contributed by atoms with van der Waals surface area (Å²) in [5, 5.41) is 4.70. The molecule has 1 aliphatic carbocycles. The smallest absolute Gasteiger partial charge is 0.225 e. The zero-order valence-corrected chi connectivity index (χ0v) is 14.8. The number of ketones is 1. The first kappa shape index (κ1) is 15.5. The highest BCUT2D eigenvalue weighted by molar-refractivity contribution is 7.19. The average Bonchev–Trinajstić information content (AvgIpc) is 2.93. The van der Waals surface area contributed by atoms with Gasteiger partial charge in [-0.2, -0.15) is 4.98 Å². The summed E-state index contributed by atoms with van der Waals surface area (Å²) < 4.78 is 0. The fourth-order valence-electron chi connectivity index (χ4n) is 3.15. The van der Waals surface area contributed by atoms with Crippen molar-refractivity contribution in [1.29, 1.82) is 0 Å². The molecule has 0 bridgehead atoms. The normalized spacial score (nSPS) is 13.8. The van der Waals surface area contributed by atoms with Crippen LogP contribution < -0.4 is 5.32 Å². The molecule has 0 aliphatic heterocycles. The molecule has 0 saturated heterocycles. The van der Waals surface area contributed by atoms with Crippen LogP contribution in [0.5, 0.6) is 0 Å². The van der Waals surface area contributed by atoms with E-state index in [1.807, 2.05) is 24.3 Å². The molecule has 0 amide bonds. The van der Waals surface area contributed by atoms with Crippen LogP contribution in [0, 0.1) is 0 Å². The van der Waals surface area contributed by atoms with Crippen molar-refractivity contribution in [2.75, 3.05) is 5.32 Å². The second-order valence-electron chi connectivity index (χ2n) is 5.99. The Morgan fingerprint density at radius 1 is 1.17 bits per heavy atom. The number of aryl methyl sites for hydroxylation is 2. The van der Waals surface area contributed by atoms with Crippen LogP contribution in [-0.2, 0) is 12.8 Å². The number of thiophene rings is 1. The lowest BCUT2D eigenvalue weighted by Gasteiger charge is -2.13. The van der Waals surface area contributed by atoms with Crippen LogP contribution in [0.1, 0.15) is 40.6 Å². The predicted octanol–water partition coefficient (Wildman–Crippen LogP) is 5.17. The van der Waals surface area contributed by atoms with E-state index >= 15 is 0 Å². The van der Waals surface area contributed by atoms with Crippen LogP contribution in [0.4, 0.5) is 11.5 Å². The van der Waals surface area contributed by atoms with Crippen molar-refractivity contribution in [2.45, 2.75) is 32.6 Å². The fraction of sp³-hybridized carbons (Fsp3) is 0.278. The zero-order valence-electron chi connectivity index (χ0n) is 13.2. The Morgan fingerprint density at radius 3 is 2.67 bits per heavy atom. The van der Waals surface area contributed by atoms with Crippen molar-refractivity contribution in [3.05, 3.63) is 45.6 Å². The first-order valence-electron chi connectivity index (χ1n) is 7.97. The molecule has 0 saturated carbocycles. The first-order valence-corrected chi connectivity index (χ1v) is 9.17. The number of hydrogen-bond donors (Lipinski definition) is 1. The van der Waals surface area contributed by atoms with E-state index in [2.05, 4.69) is 15.3 Å². The number of aromatic nitrogens is 2. The third kappa shape index (κ3) is 2.78. The lowest BCUT2D eigenvalue weighted by Crippen LogP contribution is -2.01. The number of anilines is 2. The number of hydrogen-bond acceptors (Lipinski definition) is 5. The lowest BCUT2D eigenvalue weighted by atomic mass is 9.97. The molecule has 0 atom stereocenters. The number of carbonyl (C=O) groups excluding carboxylic acids is 1. The Hall–Kier alpha value is -1.98. The van der Waals surface area contributed by atoms with Crippen molar-refractivity contribution in [1.82, 2.24) is 9.97 Å². The molecule has 0 radical (unpaired) electrons. The predicted molar refractivity (Wildman–Crippen MR) is 98.8 cm³/mol. The van der Waals surface area contributed by atoms with Gasteiger partial charge < -0.3 is 5.32 Å². The van der Waals surface area contributed by atoms with E-state index in [1.165, 1.54) is 23.3 Å². The van der Waals surface area contributed by atoms with Gasteiger partial charge in [0.2, 0.25) is 5.28 Å². The Morgan fingerprint density at radius 2 is 1.92 bits per heavy atom. The molecule has 4 rings (SSSR count). The van der Waals surface area contributed by atoms with Crippen molar-refractivity contribution in [3.63, 3.8) is 0 Å². The van der Waals surface area contributed by atoms with E-state index in [1.54, 1.807) is 18.3 Å². The number of benzene rings is 1. The molecule has 24 heavy (non-hydrogen) atoms. The van der Waals surface area contributed by atoms with Gasteiger partial charge in [0, 0.05) is 16.1 Å². The van der Waals surface area contributed by atoms with Gasteiger partial charge in [-0.05, 0) is 74.0 Å². The van der Waals surface area contributed by atoms with Crippen LogP contribution in [0.3, 0.4) is 0 Å². The fourth-order valence-corrected chi connectivity index (χ4v) is 4.63. The highest BCUT2D eigenvalue weighted by Gasteiger charge is 2.21. The summed E-state index contributed by atoms with van der Waals surface area (Å²) in [7, 11) is 0. The Bertz CT molecular complexity index is 934. The third-order valence-electron chi connectivity index (χ3n) is 4.34. The monoisotopic (exact) mass is 357 g/mol. The highest BCUT2D eigenvalue weighted by atomic mass is 35.5. The second kappa shape index (κ2) is 6.15. The van der Waals surface area contributed by atoms with Gasteiger partial charge in [0.15, 0.2) is 5.78 Å². The quantitative estimate of drug-likeness (QED) is 0.519. The molecule has 2 aromatic heterocycles. The third-order valence-corrected chi connectivity index (χ3v) is 5.70. The Labute approximate surface area is 148 Å². The van der Waals surface area contributed by atoms with Crippen LogP contribution in [0.15, 0.2) is 24.3 Å². The minimum Gasteiger partial charge on any atom is -0.340 e. The van der Waals surface area contributed by atoms with Gasteiger partial charge in [0.25, 0.3) is 0 Å². The maximum Gasteiger partial charge on any atom is 0.225 e. The molecule has 1 aliphatic rings. The maximum atomic E-state index is 11.4. The maximum absolute atomic E-state index is 11.4. The van der Waals surface area contributed by atoms with Crippen molar-refractivity contribution < 1.29 is 4.79 Å². The van der Waals surface area contributed by atoms with Gasteiger partial charge in [-0.3, -0.25) is 4.79 Å². The van der Waals surface area contributed by atoms with E-state index in [9.17, 15) is 4.79 Å². The molecule has 0 spiro atoms. The Balaban J connectivity index is 1.78. The number of rotatable bonds is 3. The van der Waals surface area contributed by atoms with Gasteiger partial charge in [-0.15, -0.1) is 11.3 Å². The molecule has 4 nitrogen and oxygen atoms in total. The average molecular weight is 358 g/mol. The van der Waals surface area contributed by atoms with Crippen LogP contribution in [-0.4, -0.2) is 15.8 Å². The summed E-state index contributed by atoms with van der Waals surface area (Å²) in [6, 6.07) is 7.40. The van der Waals surface area contributed by atoms with Crippen molar-refractivity contribution >= 4 is 50.4 Å². The molecule has 2 heterocycles. The minimum atomic E-state index is 0.0564. The Kier molecular flexibility index (Phi) is 3.98. The molecule has 1 N–H and O–H groups in total. The van der Waals surface area contributed by atoms with Gasteiger partial charge in [0.1, 0.15) is 10.6 Å². The second-order valence-corrected chi connectivity index (χ2v) is 7.41. The molecular formula is C18H16ClN3OS. The zero-order chi connectivity index (χ0) is 16.7. The van der Waals surface area contributed by atoms with Gasteiger partial charge in [0.05, 0.1) is 5.39 Å². The van der Waals surface area contributed by atoms with Crippen LogP contribution >= 0.6 is 22.9 Å². The van der Waals surface area contributed by atoms with E-state index in [4.69, 9.17) is 11.6 Å². The van der Waals surface area contributed by atoms with E-state index < -0.39 is 0 Å². The summed E-state index contributed by atoms with van der Waals surface area (Å²) in [5.41, 5.74) is 2.94. The molecule has 0 unspecified atom stereocenters. The number of carbonyl (C=O) groups is 1. The summed E-state index contributed by atoms with van der Waals surface area (Å²) in [4.78, 5) is 22.6. The van der Waals surface area contributed by atoms with E-state index in [-0.39, 0.29) is 11.1 Å². The van der Waals surface area contributed by atoms with E-state index in [0.29, 0.717) is 5.56 Å². The largest absolute Gasteiger partial charge is 0.340 e. The van der Waals surface area contributed by atoms with Crippen LogP contribution in [0.25, 0.3) is 10.2 Å². The lowest BCUT2D eigenvalue weighted by molar-refractivity contribution is 0.101. The number of Topliss-reactive ketones (excluding diaryl/α,β-unsaturated/α-hetero) is 1. The number of nitrogens with zero attached hydrogens (tertiary/aromatic N) is 2. The summed E-state index contributed by atoms with van der Waals surface area (Å²) in [5.74, 6) is 0.806. The molecular weight excluding hydrogens is 342 g/mol. The minimum absolute atomic E-state index is 0.0564. The molecule has 6 heteroatoms. The van der Waals surface area contributed by atoms with Gasteiger partial charge >= 0.3 is 0 Å². The summed E-state index contributed by atoms with van der Waals surface area (Å²) in [6.07, 6.45) is 4.61. The van der Waals surface area contributed by atoms with Crippen molar-refractivity contribution in [3.8, 4) is 0 Å². The van der Waals surface area contributed by atoms with Crippen molar-refractivity contribution in [2.24, 2.45) is 0 Å². The summed E-state index contributed by atoms with van der Waals surface area (Å²) >= 11 is 7.85. The molecule has 3 aromatic rings. The highest BCUT2D eigenvalue weighted by Crippen LogP contribution is 2.39. The number of halogens is 1. The SMILES string of the molecule is CC(=O)c1ccc(Nc2nc(Cl)nc3sc4c(c23)CCCC4)cc1. The van der Waals surface area contributed by atoms with Gasteiger partial charge in [-0.1, -0.05) is 0 Å². The first-order chi connectivity index (χ1) is 11.6. The number of nitrogens with one attached hydrogen (secondary N) is 1. The van der Waals surface area contributed by atoms with Crippen LogP contribution in [0.2, 0.25) is 5.28 Å². The summed E-state index contributed by atoms with van der Waals surface area (Å²) in [6.45, 7) is 1.56. The molecule has 0 fully saturated rings. The standard InChI is InChI=1S/C18H16ClN3OS/c1-10(23)11-6-8-12(9-7-11)20-16-15-13-4-2-3-5-14(13)24-17(15)22-18(19)21-16/h6-9H,2-5H2,1H3,(H,20,21,22). The molecule has 1 aromatic carbocycles. The van der Waals surface area contributed by atoms with Gasteiger partial charge in [-0.25, -0.2) is 4.98 Å². The molecule has 122 valence electrons. The topological polar surface area (TPSA) is 54.9 Å².